The number of H-pyrrole nitrogens is 1. The molecule has 0 atom stereocenters. The Labute approximate surface area is 146 Å². The normalized spacial score (nSPS) is 11.4. The van der Waals surface area contributed by atoms with Gasteiger partial charge in [0.15, 0.2) is 5.82 Å². The SMILES string of the molecule is Cc1cnc(C(=O)N(C)/N=C/c2ccc(-c3nnc(C(F)F)o3)cc2)[nH]1. The van der Waals surface area contributed by atoms with Crippen LogP contribution in [-0.4, -0.2) is 44.3 Å². The summed E-state index contributed by atoms with van der Waals surface area (Å²) in [5.74, 6) is -0.900. The Morgan fingerprint density at radius 2 is 2.04 bits per heavy atom. The predicted octanol–water partition coefficient (Wildman–Crippen LogP) is 2.81. The highest BCUT2D eigenvalue weighted by molar-refractivity contribution is 5.91. The largest absolute Gasteiger partial charge is 0.415 e. The number of alkyl halides is 2. The summed E-state index contributed by atoms with van der Waals surface area (Å²) in [6.07, 6.45) is 0.227. The van der Waals surface area contributed by atoms with E-state index in [9.17, 15) is 13.6 Å². The molecule has 0 radical (unpaired) electrons. The van der Waals surface area contributed by atoms with E-state index in [1.54, 1.807) is 37.4 Å². The molecule has 134 valence electrons. The highest BCUT2D eigenvalue weighted by Gasteiger charge is 2.17. The van der Waals surface area contributed by atoms with Crippen molar-refractivity contribution in [3.05, 3.63) is 53.4 Å². The second kappa shape index (κ2) is 7.21. The third kappa shape index (κ3) is 3.79. The lowest BCUT2D eigenvalue weighted by molar-refractivity contribution is 0.0789. The van der Waals surface area contributed by atoms with E-state index in [1.165, 1.54) is 13.3 Å². The summed E-state index contributed by atoms with van der Waals surface area (Å²) in [6, 6.07) is 6.62. The van der Waals surface area contributed by atoms with Gasteiger partial charge in [0.2, 0.25) is 5.89 Å². The van der Waals surface area contributed by atoms with Crippen LogP contribution >= 0.6 is 0 Å². The molecule has 0 aliphatic heterocycles. The average molecular weight is 360 g/mol. The van der Waals surface area contributed by atoms with Crippen molar-refractivity contribution in [2.45, 2.75) is 13.3 Å². The molecule has 26 heavy (non-hydrogen) atoms. The smallest absolute Gasteiger partial charge is 0.314 e. The van der Waals surface area contributed by atoms with Crippen molar-refractivity contribution >= 4 is 12.1 Å². The molecule has 0 aliphatic carbocycles. The van der Waals surface area contributed by atoms with Crippen molar-refractivity contribution in [2.24, 2.45) is 5.10 Å². The number of halogens is 2. The number of aromatic nitrogens is 4. The van der Waals surface area contributed by atoms with Gasteiger partial charge in [0.05, 0.1) is 6.21 Å². The molecular formula is C16H14F2N6O2. The van der Waals surface area contributed by atoms with Gasteiger partial charge in [0, 0.05) is 24.5 Å². The molecule has 1 N–H and O–H groups in total. The van der Waals surface area contributed by atoms with E-state index < -0.39 is 12.3 Å². The van der Waals surface area contributed by atoms with Crippen molar-refractivity contribution < 1.29 is 18.0 Å². The molecule has 10 heteroatoms. The maximum absolute atomic E-state index is 12.5. The van der Waals surface area contributed by atoms with Gasteiger partial charge in [0.25, 0.3) is 5.89 Å². The van der Waals surface area contributed by atoms with Crippen LogP contribution in [0.25, 0.3) is 11.5 Å². The standard InChI is InChI=1S/C16H14F2N6O2/c1-9-7-19-13(21-9)16(25)24(2)20-8-10-3-5-11(6-4-10)14-22-23-15(26-14)12(17)18/h3-8,12H,1-2H3,(H,19,21)/b20-8+. The number of aryl methyl sites for hydroxylation is 1. The molecule has 0 bridgehead atoms. The van der Waals surface area contributed by atoms with Crippen molar-refractivity contribution in [1.29, 1.82) is 0 Å². The predicted molar refractivity (Wildman–Crippen MR) is 87.7 cm³/mol. The zero-order chi connectivity index (χ0) is 18.7. The summed E-state index contributed by atoms with van der Waals surface area (Å²) in [5, 5.41) is 12.1. The number of hydrogen-bond donors (Lipinski definition) is 1. The maximum atomic E-state index is 12.5. The summed E-state index contributed by atoms with van der Waals surface area (Å²) in [5.41, 5.74) is 1.96. The van der Waals surface area contributed by atoms with Crippen molar-refractivity contribution in [1.82, 2.24) is 25.2 Å². The molecule has 3 aromatic rings. The fourth-order valence-corrected chi connectivity index (χ4v) is 2.03. The topological polar surface area (TPSA) is 100 Å². The zero-order valence-electron chi connectivity index (χ0n) is 13.8. The Balaban J connectivity index is 1.68. The van der Waals surface area contributed by atoms with E-state index in [0.717, 1.165) is 10.7 Å². The molecule has 1 aromatic carbocycles. The monoisotopic (exact) mass is 360 g/mol. The van der Waals surface area contributed by atoms with Crippen molar-refractivity contribution in [2.75, 3.05) is 7.05 Å². The number of carbonyl (C=O) groups is 1. The highest BCUT2D eigenvalue weighted by atomic mass is 19.3. The molecule has 2 heterocycles. The molecule has 2 aromatic heterocycles. The second-order valence-electron chi connectivity index (χ2n) is 5.36. The van der Waals surface area contributed by atoms with Gasteiger partial charge in [-0.1, -0.05) is 12.1 Å². The number of rotatable bonds is 5. The molecule has 0 aliphatic rings. The molecule has 8 nitrogen and oxygen atoms in total. The van der Waals surface area contributed by atoms with Crippen LogP contribution in [0.5, 0.6) is 0 Å². The molecule has 0 spiro atoms. The van der Waals surface area contributed by atoms with Crippen LogP contribution in [0.1, 0.15) is 34.2 Å². The third-order valence-corrected chi connectivity index (χ3v) is 3.36. The third-order valence-electron chi connectivity index (χ3n) is 3.36. The van der Waals surface area contributed by atoms with Gasteiger partial charge in [-0.3, -0.25) is 4.79 Å². The van der Waals surface area contributed by atoms with Crippen molar-refractivity contribution in [3.63, 3.8) is 0 Å². The van der Waals surface area contributed by atoms with Gasteiger partial charge in [-0.2, -0.15) is 13.9 Å². The zero-order valence-corrected chi connectivity index (χ0v) is 13.8. The molecule has 0 unspecified atom stereocenters. The van der Waals surface area contributed by atoms with Crippen LogP contribution in [-0.2, 0) is 0 Å². The summed E-state index contributed by atoms with van der Waals surface area (Å²) < 4.78 is 29.8. The number of amides is 1. The Morgan fingerprint density at radius 3 is 2.62 bits per heavy atom. The van der Waals surface area contributed by atoms with E-state index in [0.29, 0.717) is 11.1 Å². The minimum absolute atomic E-state index is 0.00396. The van der Waals surface area contributed by atoms with Crippen LogP contribution < -0.4 is 0 Å². The molecular weight excluding hydrogens is 346 g/mol. The van der Waals surface area contributed by atoms with Crippen LogP contribution in [0.15, 0.2) is 40.0 Å². The van der Waals surface area contributed by atoms with Crippen LogP contribution in [0, 0.1) is 6.92 Å². The van der Waals surface area contributed by atoms with Crippen LogP contribution in [0.3, 0.4) is 0 Å². The van der Waals surface area contributed by atoms with Crippen LogP contribution in [0.2, 0.25) is 0 Å². The molecule has 0 saturated heterocycles. The number of hydrazone groups is 1. The lowest BCUT2D eigenvalue weighted by Gasteiger charge is -2.08. The van der Waals surface area contributed by atoms with Gasteiger partial charge < -0.3 is 9.40 Å². The fraction of sp³-hybridized carbons (Fsp3) is 0.188. The summed E-state index contributed by atoms with van der Waals surface area (Å²) in [7, 11) is 1.51. The minimum Gasteiger partial charge on any atom is -0.415 e. The lowest BCUT2D eigenvalue weighted by atomic mass is 10.1. The summed E-state index contributed by atoms with van der Waals surface area (Å²) >= 11 is 0. The van der Waals surface area contributed by atoms with E-state index in [2.05, 4.69) is 25.3 Å². The number of nitrogens with zero attached hydrogens (tertiary/aromatic N) is 5. The second-order valence-corrected chi connectivity index (χ2v) is 5.36. The number of carbonyl (C=O) groups excluding carboxylic acids is 1. The molecule has 0 saturated carbocycles. The average Bonchev–Trinajstić information content (AvgIpc) is 3.29. The number of hydrogen-bond acceptors (Lipinski definition) is 6. The van der Waals surface area contributed by atoms with E-state index >= 15 is 0 Å². The van der Waals surface area contributed by atoms with E-state index in [1.807, 2.05) is 0 Å². The van der Waals surface area contributed by atoms with Crippen LogP contribution in [0.4, 0.5) is 8.78 Å². The molecule has 3 rings (SSSR count). The number of benzene rings is 1. The van der Waals surface area contributed by atoms with Gasteiger partial charge in [-0.25, -0.2) is 9.99 Å². The first kappa shape index (κ1) is 17.4. The first-order chi connectivity index (χ1) is 12.4. The quantitative estimate of drug-likeness (QED) is 0.557. The van der Waals surface area contributed by atoms with Gasteiger partial charge >= 0.3 is 12.3 Å². The summed E-state index contributed by atoms with van der Waals surface area (Å²) in [6.45, 7) is 1.79. The van der Waals surface area contributed by atoms with E-state index in [-0.39, 0.29) is 17.6 Å². The lowest BCUT2D eigenvalue weighted by Crippen LogP contribution is -2.22. The van der Waals surface area contributed by atoms with E-state index in [4.69, 9.17) is 4.42 Å². The Morgan fingerprint density at radius 1 is 1.31 bits per heavy atom. The first-order valence-electron chi connectivity index (χ1n) is 7.49. The Hall–Kier alpha value is -3.43. The number of nitrogens with one attached hydrogen (secondary N) is 1. The first-order valence-corrected chi connectivity index (χ1v) is 7.49. The highest BCUT2D eigenvalue weighted by Crippen LogP contribution is 2.23. The summed E-state index contributed by atoms with van der Waals surface area (Å²) in [4.78, 5) is 18.9. The fourth-order valence-electron chi connectivity index (χ4n) is 2.03. The van der Waals surface area contributed by atoms with Gasteiger partial charge in [-0.15, -0.1) is 10.2 Å². The van der Waals surface area contributed by atoms with Gasteiger partial charge in [-0.05, 0) is 24.6 Å². The molecule has 1 amide bonds. The minimum atomic E-state index is -2.81. The Bertz CT molecular complexity index is 932. The Kier molecular flexibility index (Phi) is 4.83. The molecule has 0 fully saturated rings. The maximum Gasteiger partial charge on any atom is 0.314 e. The van der Waals surface area contributed by atoms with Crippen molar-refractivity contribution in [3.8, 4) is 11.5 Å². The number of aromatic amines is 1. The van der Waals surface area contributed by atoms with Gasteiger partial charge in [0.1, 0.15) is 0 Å². The number of imidazole rings is 1.